The highest BCUT2D eigenvalue weighted by Gasteiger charge is 2.35. The minimum Gasteiger partial charge on any atom is -0.478 e. The van der Waals surface area contributed by atoms with Crippen LogP contribution in [0.3, 0.4) is 0 Å². The molecule has 22 heavy (non-hydrogen) atoms. The number of ether oxygens (including phenoxy) is 1. The van der Waals surface area contributed by atoms with Crippen LogP contribution in [0, 0.1) is 5.82 Å². The SMILES string of the molecule is CC(C)(C)OC(=O)N(Cc1ccc(C(=O)O)c(F)c1)C1CC1. The van der Waals surface area contributed by atoms with Crippen molar-refractivity contribution in [2.75, 3.05) is 0 Å². The van der Waals surface area contributed by atoms with Gasteiger partial charge in [0.15, 0.2) is 0 Å². The van der Waals surface area contributed by atoms with E-state index in [1.54, 1.807) is 25.7 Å². The highest BCUT2D eigenvalue weighted by atomic mass is 19.1. The summed E-state index contributed by atoms with van der Waals surface area (Å²) in [5.74, 6) is -2.11. The van der Waals surface area contributed by atoms with Crippen LogP contribution in [0.2, 0.25) is 0 Å². The molecule has 0 aromatic heterocycles. The van der Waals surface area contributed by atoms with Gasteiger partial charge in [0.25, 0.3) is 0 Å². The Morgan fingerprint density at radius 3 is 2.45 bits per heavy atom. The zero-order valence-electron chi connectivity index (χ0n) is 12.9. The lowest BCUT2D eigenvalue weighted by Crippen LogP contribution is -2.37. The van der Waals surface area contributed by atoms with E-state index in [1.807, 2.05) is 0 Å². The number of rotatable bonds is 4. The van der Waals surface area contributed by atoms with Gasteiger partial charge in [0.05, 0.1) is 5.56 Å². The number of aromatic carboxylic acids is 1. The van der Waals surface area contributed by atoms with E-state index in [1.165, 1.54) is 12.1 Å². The zero-order chi connectivity index (χ0) is 16.5. The summed E-state index contributed by atoms with van der Waals surface area (Å²) in [6.45, 7) is 5.57. The summed E-state index contributed by atoms with van der Waals surface area (Å²) >= 11 is 0. The largest absolute Gasteiger partial charge is 0.478 e. The van der Waals surface area contributed by atoms with Gasteiger partial charge < -0.3 is 14.7 Å². The minimum atomic E-state index is -1.31. The Balaban J connectivity index is 2.13. The average molecular weight is 309 g/mol. The number of carbonyl (C=O) groups excluding carboxylic acids is 1. The lowest BCUT2D eigenvalue weighted by atomic mass is 10.1. The van der Waals surface area contributed by atoms with Crippen molar-refractivity contribution in [2.45, 2.75) is 51.8 Å². The predicted octanol–water partition coefficient (Wildman–Crippen LogP) is 3.42. The van der Waals surface area contributed by atoms with E-state index in [0.717, 1.165) is 18.9 Å². The van der Waals surface area contributed by atoms with E-state index in [-0.39, 0.29) is 18.2 Å². The molecule has 120 valence electrons. The molecule has 0 aliphatic heterocycles. The molecule has 0 spiro atoms. The lowest BCUT2D eigenvalue weighted by Gasteiger charge is -2.27. The van der Waals surface area contributed by atoms with E-state index < -0.39 is 23.5 Å². The topological polar surface area (TPSA) is 66.8 Å². The third kappa shape index (κ3) is 4.19. The third-order valence-corrected chi connectivity index (χ3v) is 3.23. The second kappa shape index (κ2) is 5.94. The molecule has 6 heteroatoms. The van der Waals surface area contributed by atoms with Crippen molar-refractivity contribution >= 4 is 12.1 Å². The highest BCUT2D eigenvalue weighted by Crippen LogP contribution is 2.30. The summed E-state index contributed by atoms with van der Waals surface area (Å²) in [4.78, 5) is 24.6. The molecule has 1 aliphatic carbocycles. The Hall–Kier alpha value is -2.11. The number of amides is 1. The van der Waals surface area contributed by atoms with Gasteiger partial charge in [-0.05, 0) is 51.3 Å². The maximum Gasteiger partial charge on any atom is 0.410 e. The van der Waals surface area contributed by atoms with Crippen LogP contribution in [0.1, 0.15) is 49.5 Å². The van der Waals surface area contributed by atoms with Crippen LogP contribution >= 0.6 is 0 Å². The van der Waals surface area contributed by atoms with Crippen LogP contribution in [0.4, 0.5) is 9.18 Å². The Bertz CT molecular complexity index is 590. The van der Waals surface area contributed by atoms with Crippen molar-refractivity contribution < 1.29 is 23.8 Å². The van der Waals surface area contributed by atoms with Crippen LogP contribution in [0.5, 0.6) is 0 Å². The van der Waals surface area contributed by atoms with Gasteiger partial charge in [-0.1, -0.05) is 6.07 Å². The van der Waals surface area contributed by atoms with E-state index in [4.69, 9.17) is 9.84 Å². The molecular formula is C16H20FNO4. The Morgan fingerprint density at radius 1 is 1.36 bits per heavy atom. The van der Waals surface area contributed by atoms with Crippen molar-refractivity contribution in [1.82, 2.24) is 4.90 Å². The maximum absolute atomic E-state index is 13.7. The van der Waals surface area contributed by atoms with Crippen molar-refractivity contribution in [3.8, 4) is 0 Å². The summed E-state index contributed by atoms with van der Waals surface area (Å²) in [5.41, 5.74) is -0.429. The number of halogens is 1. The van der Waals surface area contributed by atoms with E-state index in [9.17, 15) is 14.0 Å². The Morgan fingerprint density at radius 2 is 2.00 bits per heavy atom. The third-order valence-electron chi connectivity index (χ3n) is 3.23. The number of benzene rings is 1. The summed E-state index contributed by atoms with van der Waals surface area (Å²) in [6, 6.07) is 4.00. The fraction of sp³-hybridized carbons (Fsp3) is 0.500. The van der Waals surface area contributed by atoms with Crippen LogP contribution < -0.4 is 0 Å². The molecule has 1 fully saturated rings. The molecule has 0 heterocycles. The van der Waals surface area contributed by atoms with Gasteiger partial charge >= 0.3 is 12.1 Å². The maximum atomic E-state index is 13.7. The zero-order valence-corrected chi connectivity index (χ0v) is 12.9. The Labute approximate surface area is 128 Å². The number of carboxylic acids is 1. The lowest BCUT2D eigenvalue weighted by molar-refractivity contribution is 0.0216. The minimum absolute atomic E-state index is 0.108. The highest BCUT2D eigenvalue weighted by molar-refractivity contribution is 5.87. The van der Waals surface area contributed by atoms with E-state index in [0.29, 0.717) is 5.56 Å². The van der Waals surface area contributed by atoms with E-state index >= 15 is 0 Å². The first-order chi connectivity index (χ1) is 10.2. The van der Waals surface area contributed by atoms with Crippen molar-refractivity contribution in [3.63, 3.8) is 0 Å². The molecule has 0 bridgehead atoms. The van der Waals surface area contributed by atoms with Gasteiger partial charge in [0, 0.05) is 12.6 Å². The molecule has 1 aromatic carbocycles. The van der Waals surface area contributed by atoms with Crippen LogP contribution in [-0.2, 0) is 11.3 Å². The van der Waals surface area contributed by atoms with Crippen molar-refractivity contribution in [1.29, 1.82) is 0 Å². The summed E-state index contributed by atoms with van der Waals surface area (Å²) in [7, 11) is 0. The molecule has 1 amide bonds. The van der Waals surface area contributed by atoms with Gasteiger partial charge in [-0.2, -0.15) is 0 Å². The molecule has 5 nitrogen and oxygen atoms in total. The van der Waals surface area contributed by atoms with Crippen LogP contribution in [-0.4, -0.2) is 33.7 Å². The number of carbonyl (C=O) groups is 2. The number of hydrogen-bond donors (Lipinski definition) is 1. The molecule has 1 aromatic rings. The molecule has 0 saturated heterocycles. The van der Waals surface area contributed by atoms with Gasteiger partial charge in [-0.15, -0.1) is 0 Å². The van der Waals surface area contributed by atoms with Gasteiger partial charge in [-0.3, -0.25) is 0 Å². The monoisotopic (exact) mass is 309 g/mol. The normalized spacial score (nSPS) is 14.5. The number of hydrogen-bond acceptors (Lipinski definition) is 3. The van der Waals surface area contributed by atoms with E-state index in [2.05, 4.69) is 0 Å². The predicted molar refractivity (Wildman–Crippen MR) is 78.2 cm³/mol. The average Bonchev–Trinajstić information content (AvgIpc) is 3.17. The summed E-state index contributed by atoms with van der Waals surface area (Å²) in [5, 5.41) is 8.83. The quantitative estimate of drug-likeness (QED) is 0.925. The molecule has 1 N–H and O–H groups in total. The van der Waals surface area contributed by atoms with Crippen molar-refractivity contribution in [2.24, 2.45) is 0 Å². The first-order valence-electron chi connectivity index (χ1n) is 7.19. The fourth-order valence-electron chi connectivity index (χ4n) is 2.08. The van der Waals surface area contributed by atoms with Crippen LogP contribution in [0.25, 0.3) is 0 Å². The number of carboxylic acid groups (broad SMARTS) is 1. The molecule has 0 unspecified atom stereocenters. The van der Waals surface area contributed by atoms with Gasteiger partial charge in [0.1, 0.15) is 11.4 Å². The molecular weight excluding hydrogens is 289 g/mol. The van der Waals surface area contributed by atoms with Crippen molar-refractivity contribution in [3.05, 3.63) is 35.1 Å². The smallest absolute Gasteiger partial charge is 0.410 e. The number of nitrogens with zero attached hydrogens (tertiary/aromatic N) is 1. The second-order valence-corrected chi connectivity index (χ2v) is 6.46. The summed E-state index contributed by atoms with van der Waals surface area (Å²) < 4.78 is 19.1. The van der Waals surface area contributed by atoms with Gasteiger partial charge in [0.2, 0.25) is 0 Å². The second-order valence-electron chi connectivity index (χ2n) is 6.46. The molecule has 1 saturated carbocycles. The fourth-order valence-corrected chi connectivity index (χ4v) is 2.08. The van der Waals surface area contributed by atoms with Gasteiger partial charge in [-0.25, -0.2) is 14.0 Å². The first-order valence-corrected chi connectivity index (χ1v) is 7.19. The summed E-state index contributed by atoms with van der Waals surface area (Å²) in [6.07, 6.45) is 1.36. The molecule has 0 atom stereocenters. The van der Waals surface area contributed by atoms with Crippen LogP contribution in [0.15, 0.2) is 18.2 Å². The molecule has 2 rings (SSSR count). The molecule has 0 radical (unpaired) electrons. The standard InChI is InChI=1S/C16H20FNO4/c1-16(2,3)22-15(21)18(11-5-6-11)9-10-4-7-12(14(19)20)13(17)8-10/h4,7-8,11H,5-6,9H2,1-3H3,(H,19,20). The molecule has 1 aliphatic rings. The Kier molecular flexibility index (Phi) is 4.39. The first kappa shape index (κ1) is 16.3.